The minimum absolute atomic E-state index is 0.0362. The van der Waals surface area contributed by atoms with Gasteiger partial charge in [-0.3, -0.25) is 10.1 Å². The first-order chi connectivity index (χ1) is 8.56. The Morgan fingerprint density at radius 2 is 2.39 bits per heavy atom. The van der Waals surface area contributed by atoms with Crippen LogP contribution in [0.4, 0.5) is 11.5 Å². The van der Waals surface area contributed by atoms with Gasteiger partial charge in [0.1, 0.15) is 0 Å². The summed E-state index contributed by atoms with van der Waals surface area (Å²) in [6.45, 7) is 4.48. The number of pyridine rings is 1. The van der Waals surface area contributed by atoms with E-state index in [4.69, 9.17) is 4.74 Å². The summed E-state index contributed by atoms with van der Waals surface area (Å²) in [7, 11) is 0. The maximum Gasteiger partial charge on any atom is 0.311 e. The van der Waals surface area contributed by atoms with Crippen LogP contribution in [-0.4, -0.2) is 28.7 Å². The molecule has 2 unspecified atom stereocenters. The van der Waals surface area contributed by atoms with Crippen LogP contribution < -0.4 is 5.32 Å². The first-order valence-electron chi connectivity index (χ1n) is 6.05. The normalized spacial score (nSPS) is 23.7. The van der Waals surface area contributed by atoms with E-state index >= 15 is 0 Å². The van der Waals surface area contributed by atoms with Crippen LogP contribution in [0.25, 0.3) is 0 Å². The molecule has 98 valence electrons. The summed E-state index contributed by atoms with van der Waals surface area (Å²) in [5.74, 6) is 0.352. The highest BCUT2D eigenvalue weighted by Gasteiger charge is 2.23. The molecule has 0 bridgehead atoms. The summed E-state index contributed by atoms with van der Waals surface area (Å²) in [5, 5.41) is 14.1. The van der Waals surface area contributed by atoms with Gasteiger partial charge in [-0.25, -0.2) is 4.98 Å². The van der Waals surface area contributed by atoms with Gasteiger partial charge in [-0.1, -0.05) is 0 Å². The Hall–Kier alpha value is -1.69. The molecule has 0 amide bonds. The largest absolute Gasteiger partial charge is 0.378 e. The molecule has 0 aromatic carbocycles. The van der Waals surface area contributed by atoms with Crippen molar-refractivity contribution in [2.24, 2.45) is 0 Å². The van der Waals surface area contributed by atoms with Crippen molar-refractivity contribution in [1.82, 2.24) is 4.98 Å². The molecule has 0 saturated carbocycles. The van der Waals surface area contributed by atoms with Gasteiger partial charge >= 0.3 is 5.69 Å². The van der Waals surface area contributed by atoms with Gasteiger partial charge in [-0.15, -0.1) is 0 Å². The molecular weight excluding hydrogens is 234 g/mol. The SMILES string of the molecule is Cc1cnc(NC2CCOC(C)C2)c([N+](=O)[O-])c1. The lowest BCUT2D eigenvalue weighted by atomic mass is 10.0. The van der Waals surface area contributed by atoms with E-state index in [1.165, 1.54) is 6.07 Å². The molecule has 1 aromatic rings. The molecule has 6 heteroatoms. The zero-order chi connectivity index (χ0) is 13.1. The van der Waals surface area contributed by atoms with Gasteiger partial charge in [-0.05, 0) is 32.3 Å². The smallest absolute Gasteiger partial charge is 0.311 e. The van der Waals surface area contributed by atoms with Crippen LogP contribution in [0.1, 0.15) is 25.3 Å². The van der Waals surface area contributed by atoms with Crippen LogP contribution in [0.5, 0.6) is 0 Å². The average Bonchev–Trinajstić information content (AvgIpc) is 2.31. The molecule has 1 fully saturated rings. The molecule has 18 heavy (non-hydrogen) atoms. The van der Waals surface area contributed by atoms with Crippen molar-refractivity contribution in [1.29, 1.82) is 0 Å². The lowest BCUT2D eigenvalue weighted by Crippen LogP contribution is -2.32. The Balaban J connectivity index is 2.15. The van der Waals surface area contributed by atoms with E-state index in [1.54, 1.807) is 13.1 Å². The van der Waals surface area contributed by atoms with E-state index in [9.17, 15) is 10.1 Å². The third kappa shape index (κ3) is 2.95. The fraction of sp³-hybridized carbons (Fsp3) is 0.583. The number of nitrogens with zero attached hydrogens (tertiary/aromatic N) is 2. The molecule has 6 nitrogen and oxygen atoms in total. The van der Waals surface area contributed by atoms with Crippen molar-refractivity contribution in [3.05, 3.63) is 27.9 Å². The summed E-state index contributed by atoms with van der Waals surface area (Å²) >= 11 is 0. The molecular formula is C12H17N3O3. The lowest BCUT2D eigenvalue weighted by molar-refractivity contribution is -0.384. The van der Waals surface area contributed by atoms with Gasteiger partial charge in [-0.2, -0.15) is 0 Å². The van der Waals surface area contributed by atoms with Gasteiger partial charge < -0.3 is 10.1 Å². The van der Waals surface area contributed by atoms with Crippen molar-refractivity contribution in [2.45, 2.75) is 38.8 Å². The quantitative estimate of drug-likeness (QED) is 0.658. The lowest BCUT2D eigenvalue weighted by Gasteiger charge is -2.28. The zero-order valence-electron chi connectivity index (χ0n) is 10.5. The number of rotatable bonds is 3. The number of aromatic nitrogens is 1. The number of nitro groups is 1. The second kappa shape index (κ2) is 5.30. The third-order valence-electron chi connectivity index (χ3n) is 3.03. The van der Waals surface area contributed by atoms with Crippen molar-refractivity contribution in [3.8, 4) is 0 Å². The predicted molar refractivity (Wildman–Crippen MR) is 67.7 cm³/mol. The van der Waals surface area contributed by atoms with E-state index in [0.717, 1.165) is 18.4 Å². The van der Waals surface area contributed by atoms with Crippen LogP contribution in [0.2, 0.25) is 0 Å². The highest BCUT2D eigenvalue weighted by Crippen LogP contribution is 2.25. The number of nitrogens with one attached hydrogen (secondary N) is 1. The number of hydrogen-bond donors (Lipinski definition) is 1. The standard InChI is InChI=1S/C12H17N3O3/c1-8-5-11(15(16)17)12(13-7-8)14-10-3-4-18-9(2)6-10/h5,7,9-10H,3-4,6H2,1-2H3,(H,13,14). The molecule has 1 aromatic heterocycles. The summed E-state index contributed by atoms with van der Waals surface area (Å²) < 4.78 is 5.45. The Kier molecular flexibility index (Phi) is 3.76. The molecule has 0 radical (unpaired) electrons. The van der Waals surface area contributed by atoms with Gasteiger partial charge in [0.15, 0.2) is 0 Å². The first-order valence-corrected chi connectivity index (χ1v) is 6.05. The number of ether oxygens (including phenoxy) is 1. The van der Waals surface area contributed by atoms with Crippen LogP contribution >= 0.6 is 0 Å². The molecule has 2 heterocycles. The monoisotopic (exact) mass is 251 g/mol. The van der Waals surface area contributed by atoms with E-state index < -0.39 is 4.92 Å². The number of hydrogen-bond acceptors (Lipinski definition) is 5. The first kappa shape index (κ1) is 12.8. The molecule has 2 rings (SSSR count). The van der Waals surface area contributed by atoms with Crippen molar-refractivity contribution >= 4 is 11.5 Å². The zero-order valence-corrected chi connectivity index (χ0v) is 10.5. The van der Waals surface area contributed by atoms with Crippen molar-refractivity contribution in [3.63, 3.8) is 0 Å². The second-order valence-corrected chi connectivity index (χ2v) is 4.68. The van der Waals surface area contributed by atoms with Crippen LogP contribution in [-0.2, 0) is 4.74 Å². The van der Waals surface area contributed by atoms with E-state index in [1.807, 2.05) is 6.92 Å². The van der Waals surface area contributed by atoms with Gasteiger partial charge in [0, 0.05) is 24.9 Å². The minimum Gasteiger partial charge on any atom is -0.378 e. The summed E-state index contributed by atoms with van der Waals surface area (Å²) in [6.07, 6.45) is 3.50. The van der Waals surface area contributed by atoms with E-state index in [0.29, 0.717) is 12.4 Å². The number of aryl methyl sites for hydroxylation is 1. The second-order valence-electron chi connectivity index (χ2n) is 4.68. The molecule has 1 saturated heterocycles. The topological polar surface area (TPSA) is 77.3 Å². The summed E-state index contributed by atoms with van der Waals surface area (Å²) in [4.78, 5) is 14.7. The Labute approximate surface area is 106 Å². The molecule has 2 atom stereocenters. The van der Waals surface area contributed by atoms with Crippen molar-refractivity contribution < 1.29 is 9.66 Å². The van der Waals surface area contributed by atoms with E-state index in [2.05, 4.69) is 10.3 Å². The minimum atomic E-state index is -0.398. The fourth-order valence-corrected chi connectivity index (χ4v) is 2.13. The Morgan fingerprint density at radius 3 is 3.06 bits per heavy atom. The van der Waals surface area contributed by atoms with E-state index in [-0.39, 0.29) is 17.8 Å². The molecule has 1 aliphatic rings. The summed E-state index contributed by atoms with van der Waals surface area (Å²) in [6, 6.07) is 1.72. The molecule has 1 N–H and O–H groups in total. The molecule has 0 aliphatic carbocycles. The van der Waals surface area contributed by atoms with Crippen LogP contribution in [0, 0.1) is 17.0 Å². The Bertz CT molecular complexity index is 450. The van der Waals surface area contributed by atoms with Crippen LogP contribution in [0.3, 0.4) is 0 Å². The third-order valence-corrected chi connectivity index (χ3v) is 3.03. The fourth-order valence-electron chi connectivity index (χ4n) is 2.13. The highest BCUT2D eigenvalue weighted by molar-refractivity contribution is 5.57. The van der Waals surface area contributed by atoms with Gasteiger partial charge in [0.05, 0.1) is 11.0 Å². The summed E-state index contributed by atoms with van der Waals surface area (Å²) in [5.41, 5.74) is 0.821. The van der Waals surface area contributed by atoms with Gasteiger partial charge in [0.25, 0.3) is 0 Å². The highest BCUT2D eigenvalue weighted by atomic mass is 16.6. The predicted octanol–water partition coefficient (Wildman–Crippen LogP) is 2.28. The van der Waals surface area contributed by atoms with Crippen molar-refractivity contribution in [2.75, 3.05) is 11.9 Å². The molecule has 1 aliphatic heterocycles. The van der Waals surface area contributed by atoms with Gasteiger partial charge in [0.2, 0.25) is 5.82 Å². The van der Waals surface area contributed by atoms with Crippen LogP contribution in [0.15, 0.2) is 12.3 Å². The maximum absolute atomic E-state index is 11.0. The number of anilines is 1. The maximum atomic E-state index is 11.0. The molecule has 0 spiro atoms. The Morgan fingerprint density at radius 1 is 1.61 bits per heavy atom. The average molecular weight is 251 g/mol.